The molecule has 1 aliphatic carbocycles. The predicted molar refractivity (Wildman–Crippen MR) is 85.6 cm³/mol. The summed E-state index contributed by atoms with van der Waals surface area (Å²) < 4.78 is 6.25. The van der Waals surface area contributed by atoms with E-state index >= 15 is 0 Å². The van der Waals surface area contributed by atoms with Gasteiger partial charge in [-0.2, -0.15) is 0 Å². The summed E-state index contributed by atoms with van der Waals surface area (Å²) in [6.45, 7) is 6.41. The Balaban J connectivity index is 1.20. The minimum Gasteiger partial charge on any atom is -0.371 e. The second kappa shape index (κ2) is 6.12. The van der Waals surface area contributed by atoms with Crippen LogP contribution in [0, 0.1) is 11.8 Å². The van der Waals surface area contributed by atoms with Gasteiger partial charge in [-0.25, -0.2) is 0 Å². The molecule has 4 nitrogen and oxygen atoms in total. The Hall–Kier alpha value is -0.610. The SMILES string of the molecule is O=C(C1CCC1)N1CC2(CC[C@@H](CN3CCCCC3)CO2)C1. The van der Waals surface area contributed by atoms with Crippen molar-refractivity contribution in [2.45, 2.75) is 57.0 Å². The van der Waals surface area contributed by atoms with Crippen molar-refractivity contribution in [1.82, 2.24) is 9.80 Å². The van der Waals surface area contributed by atoms with Crippen LogP contribution in [0.15, 0.2) is 0 Å². The van der Waals surface area contributed by atoms with E-state index in [0.29, 0.717) is 17.7 Å². The minimum absolute atomic E-state index is 0.0256. The fourth-order valence-electron chi connectivity index (χ4n) is 4.54. The third-order valence-corrected chi connectivity index (χ3v) is 6.32. The van der Waals surface area contributed by atoms with Gasteiger partial charge in [-0.05, 0) is 57.5 Å². The number of carbonyl (C=O) groups is 1. The smallest absolute Gasteiger partial charge is 0.225 e. The molecule has 0 bridgehead atoms. The van der Waals surface area contributed by atoms with E-state index in [1.54, 1.807) is 0 Å². The third kappa shape index (κ3) is 2.92. The predicted octanol–water partition coefficient (Wildman–Crippen LogP) is 2.28. The van der Waals surface area contributed by atoms with Crippen LogP contribution in [0.2, 0.25) is 0 Å². The van der Waals surface area contributed by atoms with E-state index in [1.165, 1.54) is 51.7 Å². The first-order valence-electron chi connectivity index (χ1n) is 9.39. The zero-order valence-electron chi connectivity index (χ0n) is 13.8. The molecule has 124 valence electrons. The molecule has 4 heteroatoms. The summed E-state index contributed by atoms with van der Waals surface area (Å²) in [5, 5.41) is 0. The molecule has 0 N–H and O–H groups in total. The molecule has 0 unspecified atom stereocenters. The molecule has 0 radical (unpaired) electrons. The first-order chi connectivity index (χ1) is 10.7. The largest absolute Gasteiger partial charge is 0.371 e. The normalized spacial score (nSPS) is 32.5. The molecule has 1 saturated carbocycles. The van der Waals surface area contributed by atoms with Crippen molar-refractivity contribution in [1.29, 1.82) is 0 Å². The molecule has 3 aliphatic heterocycles. The molecule has 1 amide bonds. The Morgan fingerprint density at radius 3 is 2.41 bits per heavy atom. The summed E-state index contributed by atoms with van der Waals surface area (Å²) in [4.78, 5) is 16.9. The maximum absolute atomic E-state index is 12.2. The van der Waals surface area contributed by atoms with Gasteiger partial charge in [0.2, 0.25) is 5.91 Å². The summed E-state index contributed by atoms with van der Waals surface area (Å²) in [7, 11) is 0. The van der Waals surface area contributed by atoms with Gasteiger partial charge >= 0.3 is 0 Å². The number of piperidine rings is 1. The molecule has 0 aromatic rings. The van der Waals surface area contributed by atoms with Crippen molar-refractivity contribution >= 4 is 5.91 Å². The Bertz CT molecular complexity index is 399. The Morgan fingerprint density at radius 1 is 1.05 bits per heavy atom. The molecule has 0 aromatic heterocycles. The van der Waals surface area contributed by atoms with Crippen LogP contribution in [0.3, 0.4) is 0 Å². The Labute approximate surface area is 134 Å². The second-order valence-corrected chi connectivity index (χ2v) is 8.08. The lowest BCUT2D eigenvalue weighted by molar-refractivity contribution is -0.193. The molecule has 0 aromatic carbocycles. The molecule has 4 aliphatic rings. The highest BCUT2D eigenvalue weighted by atomic mass is 16.5. The van der Waals surface area contributed by atoms with Crippen LogP contribution < -0.4 is 0 Å². The summed E-state index contributed by atoms with van der Waals surface area (Å²) in [5.74, 6) is 1.45. The highest BCUT2D eigenvalue weighted by Crippen LogP contribution is 2.39. The standard InChI is InChI=1S/C18H30N2O2/c21-17(16-5-4-6-16)20-13-18(14-20)8-7-15(12-22-18)11-19-9-2-1-3-10-19/h15-16H,1-14H2/t15-/m0/s1. The van der Waals surface area contributed by atoms with Gasteiger partial charge in [-0.3, -0.25) is 4.79 Å². The number of amides is 1. The van der Waals surface area contributed by atoms with Crippen molar-refractivity contribution in [3.63, 3.8) is 0 Å². The van der Waals surface area contributed by atoms with Crippen LogP contribution >= 0.6 is 0 Å². The number of likely N-dealkylation sites (tertiary alicyclic amines) is 2. The fraction of sp³-hybridized carbons (Fsp3) is 0.944. The maximum atomic E-state index is 12.2. The second-order valence-electron chi connectivity index (χ2n) is 8.08. The summed E-state index contributed by atoms with van der Waals surface area (Å²) >= 11 is 0. The number of nitrogens with zero attached hydrogens (tertiary/aromatic N) is 2. The maximum Gasteiger partial charge on any atom is 0.225 e. The van der Waals surface area contributed by atoms with Gasteiger partial charge in [0.05, 0.1) is 19.7 Å². The molecular formula is C18H30N2O2. The van der Waals surface area contributed by atoms with Gasteiger partial charge in [0.25, 0.3) is 0 Å². The quantitative estimate of drug-likeness (QED) is 0.802. The molecule has 3 heterocycles. The van der Waals surface area contributed by atoms with Crippen molar-refractivity contribution in [2.75, 3.05) is 39.3 Å². The van der Waals surface area contributed by atoms with E-state index in [-0.39, 0.29) is 5.60 Å². The number of carbonyl (C=O) groups excluding carboxylic acids is 1. The van der Waals surface area contributed by atoms with Crippen molar-refractivity contribution in [2.24, 2.45) is 11.8 Å². The van der Waals surface area contributed by atoms with Gasteiger partial charge in [0, 0.05) is 12.5 Å². The van der Waals surface area contributed by atoms with Crippen LogP contribution in [0.25, 0.3) is 0 Å². The lowest BCUT2D eigenvalue weighted by atomic mass is 9.79. The minimum atomic E-state index is 0.0256. The van der Waals surface area contributed by atoms with E-state index in [2.05, 4.69) is 9.80 Å². The topological polar surface area (TPSA) is 32.8 Å². The first-order valence-corrected chi connectivity index (χ1v) is 9.39. The van der Waals surface area contributed by atoms with Crippen molar-refractivity contribution < 1.29 is 9.53 Å². The van der Waals surface area contributed by atoms with E-state index in [9.17, 15) is 4.79 Å². The van der Waals surface area contributed by atoms with Crippen LogP contribution in [-0.4, -0.2) is 60.6 Å². The molecule has 3 saturated heterocycles. The summed E-state index contributed by atoms with van der Waals surface area (Å²) in [6.07, 6.45) is 10.0. The average molecular weight is 306 g/mol. The van der Waals surface area contributed by atoms with E-state index in [0.717, 1.165) is 39.0 Å². The number of rotatable bonds is 3. The molecule has 4 fully saturated rings. The molecular weight excluding hydrogens is 276 g/mol. The Kier molecular flexibility index (Phi) is 4.16. The first kappa shape index (κ1) is 14.9. The zero-order chi connectivity index (χ0) is 15.0. The summed E-state index contributed by atoms with van der Waals surface area (Å²) in [6, 6.07) is 0. The average Bonchev–Trinajstić information content (AvgIpc) is 2.45. The van der Waals surface area contributed by atoms with Gasteiger partial charge in [-0.15, -0.1) is 0 Å². The Morgan fingerprint density at radius 2 is 1.82 bits per heavy atom. The molecule has 1 atom stereocenters. The fourth-order valence-corrected chi connectivity index (χ4v) is 4.54. The van der Waals surface area contributed by atoms with Gasteiger partial charge < -0.3 is 14.5 Å². The van der Waals surface area contributed by atoms with Gasteiger partial charge in [0.1, 0.15) is 5.60 Å². The van der Waals surface area contributed by atoms with E-state index in [4.69, 9.17) is 4.74 Å². The third-order valence-electron chi connectivity index (χ3n) is 6.32. The highest BCUT2D eigenvalue weighted by molar-refractivity contribution is 5.80. The zero-order valence-corrected chi connectivity index (χ0v) is 13.8. The van der Waals surface area contributed by atoms with Crippen LogP contribution in [0.5, 0.6) is 0 Å². The van der Waals surface area contributed by atoms with Crippen molar-refractivity contribution in [3.05, 3.63) is 0 Å². The van der Waals surface area contributed by atoms with Crippen LogP contribution in [0.1, 0.15) is 51.4 Å². The van der Waals surface area contributed by atoms with Gasteiger partial charge in [-0.1, -0.05) is 12.8 Å². The molecule has 1 spiro atoms. The van der Waals surface area contributed by atoms with Crippen LogP contribution in [-0.2, 0) is 9.53 Å². The monoisotopic (exact) mass is 306 g/mol. The summed E-state index contributed by atoms with van der Waals surface area (Å²) in [5.41, 5.74) is 0.0256. The van der Waals surface area contributed by atoms with Gasteiger partial charge in [0.15, 0.2) is 0 Å². The highest BCUT2D eigenvalue weighted by Gasteiger charge is 2.49. The lowest BCUT2D eigenvalue weighted by Gasteiger charge is -2.54. The van der Waals surface area contributed by atoms with E-state index in [1.807, 2.05) is 0 Å². The number of hydrogen-bond acceptors (Lipinski definition) is 3. The number of ether oxygens (including phenoxy) is 1. The molecule has 4 rings (SSSR count). The molecule has 22 heavy (non-hydrogen) atoms. The lowest BCUT2D eigenvalue weighted by Crippen LogP contribution is -2.67. The van der Waals surface area contributed by atoms with Crippen LogP contribution in [0.4, 0.5) is 0 Å². The number of hydrogen-bond donors (Lipinski definition) is 0. The van der Waals surface area contributed by atoms with Crippen molar-refractivity contribution in [3.8, 4) is 0 Å². The van der Waals surface area contributed by atoms with E-state index < -0.39 is 0 Å².